The zero-order valence-electron chi connectivity index (χ0n) is 21.0. The van der Waals surface area contributed by atoms with Gasteiger partial charge in [-0.1, -0.05) is 6.07 Å². The molecule has 0 radical (unpaired) electrons. The van der Waals surface area contributed by atoms with Gasteiger partial charge in [0, 0.05) is 6.54 Å². The Balaban J connectivity index is 1.27. The number of hydrogen-bond acceptors (Lipinski definition) is 4. The van der Waals surface area contributed by atoms with Crippen LogP contribution >= 0.6 is 0 Å². The number of likely N-dealkylation sites (tertiary alicyclic amines) is 1. The van der Waals surface area contributed by atoms with E-state index in [-0.39, 0.29) is 29.3 Å². The van der Waals surface area contributed by atoms with Crippen molar-refractivity contribution >= 4 is 11.8 Å². The second-order valence-electron chi connectivity index (χ2n) is 11.2. The molecule has 1 saturated heterocycles. The van der Waals surface area contributed by atoms with Gasteiger partial charge < -0.3 is 19.7 Å². The molecule has 4 aliphatic carbocycles. The number of carbonyl (C=O) groups excluding carboxylic acids is 2. The Bertz CT molecular complexity index is 894. The lowest BCUT2D eigenvalue weighted by Gasteiger charge is -2.56. The van der Waals surface area contributed by atoms with Crippen molar-refractivity contribution in [2.45, 2.75) is 84.2 Å². The van der Waals surface area contributed by atoms with Crippen molar-refractivity contribution in [3.8, 4) is 11.5 Å². The standard InChI is InChI=1S/C28H40N2O4/c1-4-33-24-9-8-22(14-25(24)34-5-2)18(3)29-26(31)23-7-6-10-30(23)27(32)28-15-19-11-20(16-28)13-21(12-19)17-28/h8-9,14,18-21,23H,4-7,10-13,15-17H2,1-3H3,(H,29,31). The summed E-state index contributed by atoms with van der Waals surface area (Å²) < 4.78 is 11.4. The van der Waals surface area contributed by atoms with Gasteiger partial charge in [0.15, 0.2) is 11.5 Å². The van der Waals surface area contributed by atoms with Gasteiger partial charge in [-0.15, -0.1) is 0 Å². The number of carbonyl (C=O) groups is 2. The topological polar surface area (TPSA) is 67.9 Å². The molecule has 1 aromatic rings. The summed E-state index contributed by atoms with van der Waals surface area (Å²) in [6, 6.07) is 5.31. The van der Waals surface area contributed by atoms with E-state index < -0.39 is 0 Å². The highest BCUT2D eigenvalue weighted by Crippen LogP contribution is 2.60. The van der Waals surface area contributed by atoms with Crippen LogP contribution in [-0.4, -0.2) is 42.5 Å². The third-order valence-corrected chi connectivity index (χ3v) is 8.73. The normalized spacial score (nSPS) is 32.5. The molecule has 1 aromatic carbocycles. The fraction of sp³-hybridized carbons (Fsp3) is 0.714. The molecule has 4 bridgehead atoms. The quantitative estimate of drug-likeness (QED) is 0.591. The SMILES string of the molecule is CCOc1ccc(C(C)NC(=O)C2CCCN2C(=O)C23CC4CC(CC(C4)C2)C3)cc1OCC. The van der Waals surface area contributed by atoms with Crippen molar-refractivity contribution < 1.29 is 19.1 Å². The molecule has 5 aliphatic rings. The Kier molecular flexibility index (Phi) is 6.51. The minimum Gasteiger partial charge on any atom is -0.490 e. The van der Waals surface area contributed by atoms with Crippen LogP contribution in [0.4, 0.5) is 0 Å². The van der Waals surface area contributed by atoms with E-state index in [9.17, 15) is 9.59 Å². The lowest BCUT2D eigenvalue weighted by atomic mass is 9.49. The predicted molar refractivity (Wildman–Crippen MR) is 131 cm³/mol. The van der Waals surface area contributed by atoms with Gasteiger partial charge in [0.2, 0.25) is 11.8 Å². The summed E-state index contributed by atoms with van der Waals surface area (Å²) in [5.41, 5.74) is 0.780. The summed E-state index contributed by atoms with van der Waals surface area (Å²) in [7, 11) is 0. The Morgan fingerprint density at radius 3 is 2.26 bits per heavy atom. The van der Waals surface area contributed by atoms with E-state index in [0.29, 0.717) is 25.5 Å². The maximum atomic E-state index is 13.9. The van der Waals surface area contributed by atoms with Gasteiger partial charge in [0.25, 0.3) is 0 Å². The second kappa shape index (κ2) is 9.43. The molecular formula is C28H40N2O4. The largest absolute Gasteiger partial charge is 0.490 e. The molecule has 2 atom stereocenters. The smallest absolute Gasteiger partial charge is 0.243 e. The zero-order chi connectivity index (χ0) is 23.9. The summed E-state index contributed by atoms with van der Waals surface area (Å²) in [5.74, 6) is 3.83. The number of nitrogens with zero attached hydrogens (tertiary/aromatic N) is 1. The Morgan fingerprint density at radius 1 is 1.03 bits per heavy atom. The van der Waals surface area contributed by atoms with Gasteiger partial charge in [-0.2, -0.15) is 0 Å². The molecule has 2 unspecified atom stereocenters. The van der Waals surface area contributed by atoms with Gasteiger partial charge in [0.05, 0.1) is 24.7 Å². The molecule has 1 heterocycles. The molecule has 4 saturated carbocycles. The van der Waals surface area contributed by atoms with Gasteiger partial charge in [-0.3, -0.25) is 9.59 Å². The van der Waals surface area contributed by atoms with Crippen LogP contribution < -0.4 is 14.8 Å². The first-order chi connectivity index (χ1) is 16.4. The highest BCUT2D eigenvalue weighted by molar-refractivity contribution is 5.91. The molecule has 2 amide bonds. The summed E-state index contributed by atoms with van der Waals surface area (Å²) in [5, 5.41) is 3.19. The van der Waals surface area contributed by atoms with Crippen molar-refractivity contribution in [2.24, 2.45) is 23.2 Å². The maximum Gasteiger partial charge on any atom is 0.243 e. The summed E-state index contributed by atoms with van der Waals surface area (Å²) in [6.45, 7) is 7.72. The lowest BCUT2D eigenvalue weighted by molar-refractivity contribution is -0.160. The van der Waals surface area contributed by atoms with Crippen molar-refractivity contribution in [3.05, 3.63) is 23.8 Å². The molecule has 0 spiro atoms. The Morgan fingerprint density at radius 2 is 1.65 bits per heavy atom. The minimum atomic E-state index is -0.350. The van der Waals surface area contributed by atoms with Crippen molar-refractivity contribution in [3.63, 3.8) is 0 Å². The predicted octanol–water partition coefficient (Wildman–Crippen LogP) is 4.87. The van der Waals surface area contributed by atoms with Crippen LogP contribution in [0.5, 0.6) is 11.5 Å². The average molecular weight is 469 g/mol. The highest BCUT2D eigenvalue weighted by atomic mass is 16.5. The van der Waals surface area contributed by atoms with Crippen LogP contribution in [0.2, 0.25) is 0 Å². The molecule has 5 fully saturated rings. The third-order valence-electron chi connectivity index (χ3n) is 8.73. The highest BCUT2D eigenvalue weighted by Gasteiger charge is 2.56. The van der Waals surface area contributed by atoms with E-state index in [0.717, 1.165) is 61.2 Å². The summed E-state index contributed by atoms with van der Waals surface area (Å²) >= 11 is 0. The second-order valence-corrected chi connectivity index (χ2v) is 11.2. The zero-order valence-corrected chi connectivity index (χ0v) is 21.0. The van der Waals surface area contributed by atoms with Crippen LogP contribution in [0.1, 0.15) is 83.7 Å². The van der Waals surface area contributed by atoms with E-state index in [4.69, 9.17) is 9.47 Å². The van der Waals surface area contributed by atoms with E-state index in [2.05, 4.69) is 5.32 Å². The molecule has 34 heavy (non-hydrogen) atoms. The van der Waals surface area contributed by atoms with E-state index in [1.165, 1.54) is 19.3 Å². The Labute approximate surface area is 203 Å². The number of rotatable bonds is 8. The van der Waals surface area contributed by atoms with Gasteiger partial charge >= 0.3 is 0 Å². The molecule has 1 N–H and O–H groups in total. The van der Waals surface area contributed by atoms with Gasteiger partial charge in [-0.05, 0) is 108 Å². The van der Waals surface area contributed by atoms with Crippen molar-refractivity contribution in [1.82, 2.24) is 10.2 Å². The van der Waals surface area contributed by atoms with Crippen molar-refractivity contribution in [1.29, 1.82) is 0 Å². The average Bonchev–Trinajstić information content (AvgIpc) is 3.29. The van der Waals surface area contributed by atoms with Crippen LogP contribution in [-0.2, 0) is 9.59 Å². The van der Waals surface area contributed by atoms with E-state index >= 15 is 0 Å². The molecule has 6 heteroatoms. The number of hydrogen-bond donors (Lipinski definition) is 1. The van der Waals surface area contributed by atoms with Crippen LogP contribution in [0.25, 0.3) is 0 Å². The lowest BCUT2D eigenvalue weighted by Crippen LogP contribution is -2.57. The maximum absolute atomic E-state index is 13.9. The first-order valence-corrected chi connectivity index (χ1v) is 13.4. The first kappa shape index (κ1) is 23.5. The summed E-state index contributed by atoms with van der Waals surface area (Å²) in [6.07, 6.45) is 8.76. The third kappa shape index (κ3) is 4.29. The van der Waals surface area contributed by atoms with Crippen LogP contribution in [0.15, 0.2) is 18.2 Å². The molecule has 186 valence electrons. The fourth-order valence-corrected chi connectivity index (χ4v) is 7.69. The van der Waals surface area contributed by atoms with Gasteiger partial charge in [-0.25, -0.2) is 0 Å². The number of ether oxygens (including phenoxy) is 2. The van der Waals surface area contributed by atoms with Crippen molar-refractivity contribution in [2.75, 3.05) is 19.8 Å². The van der Waals surface area contributed by atoms with Gasteiger partial charge in [0.1, 0.15) is 6.04 Å². The Hall–Kier alpha value is -2.24. The number of benzene rings is 1. The van der Waals surface area contributed by atoms with Crippen LogP contribution in [0.3, 0.4) is 0 Å². The number of amides is 2. The van der Waals surface area contributed by atoms with E-state index in [1.54, 1.807) is 0 Å². The molecular weight excluding hydrogens is 428 g/mol. The summed E-state index contributed by atoms with van der Waals surface area (Å²) in [4.78, 5) is 29.2. The molecule has 0 aromatic heterocycles. The van der Waals surface area contributed by atoms with Crippen LogP contribution in [0, 0.1) is 23.2 Å². The fourth-order valence-electron chi connectivity index (χ4n) is 7.69. The molecule has 6 rings (SSSR count). The first-order valence-electron chi connectivity index (χ1n) is 13.4. The minimum absolute atomic E-state index is 0.0325. The monoisotopic (exact) mass is 468 g/mol. The molecule has 6 nitrogen and oxygen atoms in total. The molecule has 1 aliphatic heterocycles. The van der Waals surface area contributed by atoms with E-state index in [1.807, 2.05) is 43.9 Å². The number of nitrogens with one attached hydrogen (secondary N) is 1.